The molecule has 0 bridgehead atoms. The van der Waals surface area contributed by atoms with Gasteiger partial charge in [0.15, 0.2) is 11.5 Å². The number of ether oxygens (including phenoxy) is 3. The average Bonchev–Trinajstić information content (AvgIpc) is 3.11. The molecule has 4 rings (SSSR count). The Balaban J connectivity index is 1.45. The molecule has 0 N–H and O–H groups in total. The predicted molar refractivity (Wildman–Crippen MR) is 93.0 cm³/mol. The third-order valence-corrected chi connectivity index (χ3v) is 5.21. The Labute approximate surface area is 148 Å². The van der Waals surface area contributed by atoms with Crippen LogP contribution in [0.3, 0.4) is 0 Å². The van der Waals surface area contributed by atoms with E-state index in [1.54, 1.807) is 0 Å². The Morgan fingerprint density at radius 3 is 2.84 bits per heavy atom. The smallest absolute Gasteiger partial charge is 0.237 e. The minimum absolute atomic E-state index is 0.141. The molecule has 1 aromatic carbocycles. The number of fused-ring (bicyclic) bond motifs is 1. The van der Waals surface area contributed by atoms with Crippen LogP contribution in [0.2, 0.25) is 0 Å². The van der Waals surface area contributed by atoms with Crippen LogP contribution in [0.4, 0.5) is 0 Å². The zero-order valence-electron chi connectivity index (χ0n) is 14.8. The fourth-order valence-corrected chi connectivity index (χ4v) is 4.00. The van der Waals surface area contributed by atoms with Crippen LogP contribution in [0.5, 0.6) is 11.5 Å². The highest BCUT2D eigenvalue weighted by Crippen LogP contribution is 2.38. The lowest BCUT2D eigenvalue weighted by Crippen LogP contribution is -2.47. The van der Waals surface area contributed by atoms with Crippen LogP contribution in [-0.2, 0) is 9.53 Å². The van der Waals surface area contributed by atoms with Crippen LogP contribution in [0.1, 0.15) is 31.4 Å². The number of amides is 1. The number of nitrogens with zero attached hydrogens (tertiary/aromatic N) is 2. The number of likely N-dealkylation sites (tertiary alicyclic amines) is 1. The lowest BCUT2D eigenvalue weighted by atomic mass is 10.0. The van der Waals surface area contributed by atoms with Gasteiger partial charge in [-0.25, -0.2) is 0 Å². The van der Waals surface area contributed by atoms with E-state index in [-0.39, 0.29) is 18.1 Å². The summed E-state index contributed by atoms with van der Waals surface area (Å²) in [4.78, 5) is 17.1. The minimum Gasteiger partial charge on any atom is -0.486 e. The van der Waals surface area contributed by atoms with E-state index >= 15 is 0 Å². The summed E-state index contributed by atoms with van der Waals surface area (Å²) in [7, 11) is 0. The zero-order valence-corrected chi connectivity index (χ0v) is 14.8. The molecule has 3 heterocycles. The molecule has 0 saturated carbocycles. The molecule has 0 aliphatic carbocycles. The van der Waals surface area contributed by atoms with Gasteiger partial charge in [-0.1, -0.05) is 6.07 Å². The third-order valence-electron chi connectivity index (χ3n) is 5.21. The summed E-state index contributed by atoms with van der Waals surface area (Å²) in [6.45, 7) is 6.92. The fourth-order valence-electron chi connectivity index (χ4n) is 4.00. The Morgan fingerprint density at radius 1 is 1.16 bits per heavy atom. The van der Waals surface area contributed by atoms with Gasteiger partial charge in [0.1, 0.15) is 13.2 Å². The molecule has 1 amide bonds. The minimum atomic E-state index is 0.141. The van der Waals surface area contributed by atoms with Crippen molar-refractivity contribution >= 4 is 5.91 Å². The van der Waals surface area contributed by atoms with Crippen molar-refractivity contribution in [3.05, 3.63) is 23.8 Å². The second-order valence-electron chi connectivity index (χ2n) is 7.06. The molecule has 3 aliphatic heterocycles. The molecule has 0 aromatic heterocycles. The summed E-state index contributed by atoms with van der Waals surface area (Å²) in [5, 5.41) is 0. The molecular formula is C19H26N2O4. The van der Waals surface area contributed by atoms with E-state index in [1.165, 1.54) is 0 Å². The van der Waals surface area contributed by atoms with Gasteiger partial charge in [0.2, 0.25) is 5.91 Å². The highest BCUT2D eigenvalue weighted by molar-refractivity contribution is 5.79. The van der Waals surface area contributed by atoms with Gasteiger partial charge in [0, 0.05) is 19.6 Å². The molecule has 3 aliphatic rings. The van der Waals surface area contributed by atoms with Crippen molar-refractivity contribution in [1.82, 2.24) is 9.80 Å². The van der Waals surface area contributed by atoms with E-state index in [4.69, 9.17) is 14.2 Å². The van der Waals surface area contributed by atoms with Crippen LogP contribution in [-0.4, -0.2) is 67.8 Å². The molecule has 2 atom stereocenters. The van der Waals surface area contributed by atoms with Crippen molar-refractivity contribution in [2.45, 2.75) is 31.9 Å². The average molecular weight is 346 g/mol. The maximum absolute atomic E-state index is 12.9. The summed E-state index contributed by atoms with van der Waals surface area (Å²) < 4.78 is 16.9. The SMILES string of the molecule is C[C@H]1CN(CC(=O)N2CCC[C@H]2c2ccc3c(c2)OCCO3)CCO1. The molecule has 1 aromatic rings. The number of hydrogen-bond acceptors (Lipinski definition) is 5. The molecule has 0 unspecified atom stereocenters. The molecule has 2 fully saturated rings. The van der Waals surface area contributed by atoms with Crippen molar-refractivity contribution < 1.29 is 19.0 Å². The summed E-state index contributed by atoms with van der Waals surface area (Å²) in [6.07, 6.45) is 2.25. The maximum atomic E-state index is 12.9. The van der Waals surface area contributed by atoms with Gasteiger partial charge in [-0.15, -0.1) is 0 Å². The largest absolute Gasteiger partial charge is 0.486 e. The van der Waals surface area contributed by atoms with Crippen LogP contribution in [0.25, 0.3) is 0 Å². The topological polar surface area (TPSA) is 51.2 Å². The Kier molecular flexibility index (Phi) is 4.81. The van der Waals surface area contributed by atoms with Crippen LogP contribution < -0.4 is 9.47 Å². The summed E-state index contributed by atoms with van der Waals surface area (Å²) in [5.41, 5.74) is 1.14. The predicted octanol–water partition coefficient (Wildman–Crippen LogP) is 1.84. The molecule has 6 nitrogen and oxygen atoms in total. The molecule has 2 saturated heterocycles. The van der Waals surface area contributed by atoms with Gasteiger partial charge in [-0.05, 0) is 37.5 Å². The Morgan fingerprint density at radius 2 is 2.00 bits per heavy atom. The molecular weight excluding hydrogens is 320 g/mol. The van der Waals surface area contributed by atoms with Crippen molar-refractivity contribution in [2.24, 2.45) is 0 Å². The van der Waals surface area contributed by atoms with Crippen LogP contribution in [0.15, 0.2) is 18.2 Å². The molecule has 25 heavy (non-hydrogen) atoms. The fraction of sp³-hybridized carbons (Fsp3) is 0.632. The first-order chi connectivity index (χ1) is 12.2. The van der Waals surface area contributed by atoms with Gasteiger partial charge >= 0.3 is 0 Å². The van der Waals surface area contributed by atoms with E-state index in [1.807, 2.05) is 17.0 Å². The molecule has 0 spiro atoms. The first kappa shape index (κ1) is 16.7. The van der Waals surface area contributed by atoms with Gasteiger partial charge in [-0.3, -0.25) is 9.69 Å². The Bertz CT molecular complexity index is 636. The summed E-state index contributed by atoms with van der Waals surface area (Å²) in [5.74, 6) is 1.81. The third kappa shape index (κ3) is 3.60. The van der Waals surface area contributed by atoms with E-state index < -0.39 is 0 Å². The number of carbonyl (C=O) groups excluding carboxylic acids is 1. The van der Waals surface area contributed by atoms with E-state index in [9.17, 15) is 4.79 Å². The lowest BCUT2D eigenvalue weighted by molar-refractivity contribution is -0.135. The Hall–Kier alpha value is -1.79. The second-order valence-corrected chi connectivity index (χ2v) is 7.06. The van der Waals surface area contributed by atoms with Crippen molar-refractivity contribution in [3.8, 4) is 11.5 Å². The first-order valence-electron chi connectivity index (χ1n) is 9.23. The van der Waals surface area contributed by atoms with Gasteiger partial charge in [-0.2, -0.15) is 0 Å². The lowest BCUT2D eigenvalue weighted by Gasteiger charge is -2.33. The van der Waals surface area contributed by atoms with Gasteiger partial charge in [0.25, 0.3) is 0 Å². The number of rotatable bonds is 3. The van der Waals surface area contributed by atoms with Crippen molar-refractivity contribution in [3.63, 3.8) is 0 Å². The standard InChI is InChI=1S/C19H26N2O4/c1-14-12-20(7-8-23-14)13-19(22)21-6-2-3-16(21)15-4-5-17-18(11-15)25-10-9-24-17/h4-5,11,14,16H,2-3,6-10,12-13H2,1H3/t14-,16-/m0/s1. The number of carbonyl (C=O) groups is 1. The van der Waals surface area contributed by atoms with Crippen molar-refractivity contribution in [1.29, 1.82) is 0 Å². The van der Waals surface area contributed by atoms with Gasteiger partial charge < -0.3 is 19.1 Å². The highest BCUT2D eigenvalue weighted by Gasteiger charge is 2.32. The summed E-state index contributed by atoms with van der Waals surface area (Å²) in [6, 6.07) is 6.22. The maximum Gasteiger partial charge on any atom is 0.237 e. The second kappa shape index (κ2) is 7.22. The quantitative estimate of drug-likeness (QED) is 0.836. The molecule has 0 radical (unpaired) electrons. The normalized spacial score (nSPS) is 26.7. The monoisotopic (exact) mass is 346 g/mol. The van der Waals surface area contributed by atoms with Crippen LogP contribution >= 0.6 is 0 Å². The van der Waals surface area contributed by atoms with E-state index in [2.05, 4.69) is 17.9 Å². The zero-order chi connectivity index (χ0) is 17.2. The number of morpholine rings is 1. The van der Waals surface area contributed by atoms with Gasteiger partial charge in [0.05, 0.1) is 25.3 Å². The number of hydrogen-bond donors (Lipinski definition) is 0. The van der Waals surface area contributed by atoms with E-state index in [0.29, 0.717) is 26.4 Å². The van der Waals surface area contributed by atoms with Crippen molar-refractivity contribution in [2.75, 3.05) is 46.0 Å². The first-order valence-corrected chi connectivity index (χ1v) is 9.23. The van der Waals surface area contributed by atoms with Crippen LogP contribution in [0, 0.1) is 0 Å². The number of benzene rings is 1. The van der Waals surface area contributed by atoms with E-state index in [0.717, 1.165) is 49.5 Å². The highest BCUT2D eigenvalue weighted by atomic mass is 16.6. The summed E-state index contributed by atoms with van der Waals surface area (Å²) >= 11 is 0. The molecule has 6 heteroatoms. The molecule has 136 valence electrons.